The van der Waals surface area contributed by atoms with Crippen LogP contribution in [0.15, 0.2) is 24.3 Å². The van der Waals surface area contributed by atoms with Gasteiger partial charge in [0.2, 0.25) is 0 Å². The summed E-state index contributed by atoms with van der Waals surface area (Å²) in [6, 6.07) is 9.27. The fourth-order valence-corrected chi connectivity index (χ4v) is 2.66. The van der Waals surface area contributed by atoms with Gasteiger partial charge in [0.15, 0.2) is 0 Å². The van der Waals surface area contributed by atoms with Crippen LogP contribution in [0.25, 0.3) is 0 Å². The van der Waals surface area contributed by atoms with Crippen molar-refractivity contribution in [1.82, 2.24) is 9.80 Å². The summed E-state index contributed by atoms with van der Waals surface area (Å²) in [5.41, 5.74) is 7.25. The maximum Gasteiger partial charge on any atom is 0.0349 e. The number of benzene rings is 1. The summed E-state index contributed by atoms with van der Waals surface area (Å²) in [5, 5.41) is 0. The minimum absolute atomic E-state index is 0.494. The van der Waals surface area contributed by atoms with Gasteiger partial charge in [-0.2, -0.15) is 0 Å². The highest BCUT2D eigenvalue weighted by Crippen LogP contribution is 2.14. The topological polar surface area (TPSA) is 32.5 Å². The molecule has 1 aliphatic rings. The quantitative estimate of drug-likeness (QED) is 0.840. The van der Waals surface area contributed by atoms with Crippen LogP contribution in [0.2, 0.25) is 0 Å². The minimum Gasteiger partial charge on any atom is -0.329 e. The second-order valence-electron chi connectivity index (χ2n) is 4.75. The highest BCUT2D eigenvalue weighted by Gasteiger charge is 2.23. The summed E-state index contributed by atoms with van der Waals surface area (Å²) >= 11 is 2.34. The van der Waals surface area contributed by atoms with Gasteiger partial charge < -0.3 is 10.6 Å². The molecule has 1 atom stereocenters. The van der Waals surface area contributed by atoms with Gasteiger partial charge in [0.25, 0.3) is 0 Å². The molecule has 0 spiro atoms. The molecule has 0 aliphatic carbocycles. The van der Waals surface area contributed by atoms with Gasteiger partial charge in [-0.1, -0.05) is 12.1 Å². The first kappa shape index (κ1) is 13.3. The molecule has 0 aromatic heterocycles. The van der Waals surface area contributed by atoms with Crippen molar-refractivity contribution in [1.29, 1.82) is 0 Å². The van der Waals surface area contributed by atoms with Crippen molar-refractivity contribution in [2.45, 2.75) is 12.6 Å². The maximum atomic E-state index is 5.86. The number of hydrogen-bond donors (Lipinski definition) is 1. The van der Waals surface area contributed by atoms with Crippen molar-refractivity contribution < 1.29 is 0 Å². The van der Waals surface area contributed by atoms with Crippen LogP contribution in [0.4, 0.5) is 0 Å². The summed E-state index contributed by atoms with van der Waals surface area (Å²) in [7, 11) is 2.17. The summed E-state index contributed by atoms with van der Waals surface area (Å²) in [6.07, 6.45) is 0. The molecule has 2 N–H and O–H groups in total. The molecular weight excluding hydrogens is 325 g/mol. The first-order valence-electron chi connectivity index (χ1n) is 6.06. The number of rotatable bonds is 3. The minimum atomic E-state index is 0.494. The SMILES string of the molecule is CN1CCN(Cc2ccc(I)cc2)C(CN)C1. The Bertz CT molecular complexity index is 352. The molecule has 1 aromatic rings. The number of nitrogens with two attached hydrogens (primary N) is 1. The van der Waals surface area contributed by atoms with Gasteiger partial charge in [0, 0.05) is 42.3 Å². The van der Waals surface area contributed by atoms with Crippen LogP contribution in [-0.4, -0.2) is 49.1 Å². The Morgan fingerprint density at radius 2 is 2.00 bits per heavy atom. The van der Waals surface area contributed by atoms with E-state index in [4.69, 9.17) is 5.73 Å². The first-order valence-corrected chi connectivity index (χ1v) is 7.14. The van der Waals surface area contributed by atoms with E-state index < -0.39 is 0 Å². The zero-order valence-electron chi connectivity index (χ0n) is 10.3. The Morgan fingerprint density at radius 3 is 2.65 bits per heavy atom. The van der Waals surface area contributed by atoms with Crippen LogP contribution in [0, 0.1) is 3.57 Å². The lowest BCUT2D eigenvalue weighted by Crippen LogP contribution is -2.54. The second-order valence-corrected chi connectivity index (χ2v) is 5.99. The van der Waals surface area contributed by atoms with Crippen molar-refractivity contribution in [2.75, 3.05) is 33.2 Å². The van der Waals surface area contributed by atoms with E-state index in [1.807, 2.05) is 0 Å². The summed E-state index contributed by atoms with van der Waals surface area (Å²) in [4.78, 5) is 4.87. The number of likely N-dealkylation sites (N-methyl/N-ethyl adjacent to an activating group) is 1. The van der Waals surface area contributed by atoms with Gasteiger partial charge in [0.05, 0.1) is 0 Å². The lowest BCUT2D eigenvalue weighted by atomic mass is 10.1. The van der Waals surface area contributed by atoms with E-state index in [1.165, 1.54) is 9.13 Å². The monoisotopic (exact) mass is 345 g/mol. The van der Waals surface area contributed by atoms with Gasteiger partial charge in [0.1, 0.15) is 0 Å². The highest BCUT2D eigenvalue weighted by atomic mass is 127. The van der Waals surface area contributed by atoms with E-state index in [-0.39, 0.29) is 0 Å². The molecule has 1 saturated heterocycles. The number of piperazine rings is 1. The van der Waals surface area contributed by atoms with E-state index in [1.54, 1.807) is 0 Å². The molecule has 0 saturated carbocycles. The van der Waals surface area contributed by atoms with E-state index in [0.29, 0.717) is 6.04 Å². The third-order valence-corrected chi connectivity index (χ3v) is 4.10. The molecule has 1 heterocycles. The zero-order chi connectivity index (χ0) is 12.3. The Labute approximate surface area is 117 Å². The smallest absolute Gasteiger partial charge is 0.0349 e. The van der Waals surface area contributed by atoms with E-state index in [2.05, 4.69) is 63.7 Å². The molecule has 1 aliphatic heterocycles. The number of hydrogen-bond acceptors (Lipinski definition) is 3. The molecule has 3 nitrogen and oxygen atoms in total. The average Bonchev–Trinajstić information content (AvgIpc) is 2.34. The van der Waals surface area contributed by atoms with Crippen LogP contribution in [0.3, 0.4) is 0 Å². The average molecular weight is 345 g/mol. The summed E-state index contributed by atoms with van der Waals surface area (Å²) in [5.74, 6) is 0. The summed E-state index contributed by atoms with van der Waals surface area (Å²) in [6.45, 7) is 5.10. The Morgan fingerprint density at radius 1 is 1.29 bits per heavy atom. The lowest BCUT2D eigenvalue weighted by molar-refractivity contribution is 0.0881. The number of nitrogens with zero attached hydrogens (tertiary/aromatic N) is 2. The predicted octanol–water partition coefficient (Wildman–Crippen LogP) is 1.37. The molecule has 0 bridgehead atoms. The Hall–Kier alpha value is -0.170. The molecular formula is C13H20IN3. The van der Waals surface area contributed by atoms with Gasteiger partial charge in [-0.15, -0.1) is 0 Å². The van der Waals surface area contributed by atoms with Gasteiger partial charge in [-0.25, -0.2) is 0 Å². The highest BCUT2D eigenvalue weighted by molar-refractivity contribution is 14.1. The van der Waals surface area contributed by atoms with E-state index in [9.17, 15) is 0 Å². The predicted molar refractivity (Wildman–Crippen MR) is 79.9 cm³/mol. The van der Waals surface area contributed by atoms with Crippen molar-refractivity contribution >= 4 is 22.6 Å². The third-order valence-electron chi connectivity index (χ3n) is 3.38. The molecule has 4 heteroatoms. The fraction of sp³-hybridized carbons (Fsp3) is 0.538. The molecule has 2 rings (SSSR count). The molecule has 1 fully saturated rings. The van der Waals surface area contributed by atoms with E-state index in [0.717, 1.165) is 32.7 Å². The maximum absolute atomic E-state index is 5.86. The largest absolute Gasteiger partial charge is 0.329 e. The normalized spacial score (nSPS) is 22.9. The Kier molecular flexibility index (Phi) is 4.78. The molecule has 1 unspecified atom stereocenters. The number of halogens is 1. The van der Waals surface area contributed by atoms with Gasteiger partial charge in [-0.05, 0) is 47.3 Å². The van der Waals surface area contributed by atoms with Crippen molar-refractivity contribution in [3.05, 3.63) is 33.4 Å². The van der Waals surface area contributed by atoms with Crippen LogP contribution in [0.5, 0.6) is 0 Å². The lowest BCUT2D eigenvalue weighted by Gasteiger charge is -2.39. The summed E-state index contributed by atoms with van der Waals surface area (Å²) < 4.78 is 1.29. The van der Waals surface area contributed by atoms with E-state index >= 15 is 0 Å². The fourth-order valence-electron chi connectivity index (χ4n) is 2.30. The standard InChI is InChI=1S/C13H20IN3/c1-16-6-7-17(13(8-15)10-16)9-11-2-4-12(14)5-3-11/h2-5,13H,6-10,15H2,1H3. The first-order chi connectivity index (χ1) is 8.19. The van der Waals surface area contributed by atoms with Crippen molar-refractivity contribution in [3.8, 4) is 0 Å². The Balaban J connectivity index is 1.99. The molecule has 94 valence electrons. The second kappa shape index (κ2) is 6.13. The van der Waals surface area contributed by atoms with Crippen LogP contribution < -0.4 is 5.73 Å². The van der Waals surface area contributed by atoms with Crippen LogP contribution >= 0.6 is 22.6 Å². The van der Waals surface area contributed by atoms with Crippen molar-refractivity contribution in [2.24, 2.45) is 5.73 Å². The van der Waals surface area contributed by atoms with Crippen molar-refractivity contribution in [3.63, 3.8) is 0 Å². The molecule has 0 amide bonds. The molecule has 0 radical (unpaired) electrons. The molecule has 17 heavy (non-hydrogen) atoms. The van der Waals surface area contributed by atoms with Gasteiger partial charge in [-0.3, -0.25) is 4.90 Å². The third kappa shape index (κ3) is 3.64. The molecule has 1 aromatic carbocycles. The zero-order valence-corrected chi connectivity index (χ0v) is 12.4. The van der Waals surface area contributed by atoms with Crippen LogP contribution in [-0.2, 0) is 6.54 Å². The van der Waals surface area contributed by atoms with Crippen LogP contribution in [0.1, 0.15) is 5.56 Å². The van der Waals surface area contributed by atoms with Gasteiger partial charge >= 0.3 is 0 Å².